The molecule has 0 aliphatic heterocycles. The van der Waals surface area contributed by atoms with Gasteiger partial charge in [-0.2, -0.15) is 0 Å². The number of hydrogen-bond donors (Lipinski definition) is 1. The maximum absolute atomic E-state index is 11.8. The van der Waals surface area contributed by atoms with Gasteiger partial charge in [0.05, 0.1) is 18.5 Å². The highest BCUT2D eigenvalue weighted by Gasteiger charge is 2.37. The molecule has 118 valence electrons. The van der Waals surface area contributed by atoms with Crippen molar-refractivity contribution in [3.8, 4) is 5.75 Å². The average Bonchev–Trinajstić information content (AvgIpc) is 2.52. The zero-order valence-electron chi connectivity index (χ0n) is 12.4. The fourth-order valence-electron chi connectivity index (χ4n) is 3.21. The number of hydrogen-bond acceptors (Lipinski definition) is 4. The molecule has 3 rings (SSSR count). The summed E-state index contributed by atoms with van der Waals surface area (Å²) in [7, 11) is 1.64. The Kier molecular flexibility index (Phi) is 4.95. The second-order valence-electron chi connectivity index (χ2n) is 5.83. The molecule has 22 heavy (non-hydrogen) atoms. The van der Waals surface area contributed by atoms with Crippen LogP contribution in [0.2, 0.25) is 0 Å². The maximum atomic E-state index is 11.8. The van der Waals surface area contributed by atoms with E-state index in [9.17, 15) is 9.90 Å². The monoisotopic (exact) mass is 382 g/mol. The van der Waals surface area contributed by atoms with Crippen LogP contribution in [0.4, 0.5) is 0 Å². The Bertz CT molecular complexity index is 614. The first-order valence-corrected chi connectivity index (χ1v) is 9.18. The van der Waals surface area contributed by atoms with Crippen LogP contribution in [0.15, 0.2) is 39.2 Å². The molecule has 1 N–H and O–H groups in total. The van der Waals surface area contributed by atoms with Gasteiger partial charge in [-0.25, -0.2) is 0 Å². The lowest BCUT2D eigenvalue weighted by molar-refractivity contribution is -0.115. The van der Waals surface area contributed by atoms with E-state index < -0.39 is 6.10 Å². The molecule has 5 heteroatoms. The highest BCUT2D eigenvalue weighted by molar-refractivity contribution is 9.10. The van der Waals surface area contributed by atoms with Crippen molar-refractivity contribution < 1.29 is 14.6 Å². The van der Waals surface area contributed by atoms with E-state index in [1.165, 1.54) is 0 Å². The molecule has 1 saturated carbocycles. The van der Waals surface area contributed by atoms with Crippen molar-refractivity contribution in [3.63, 3.8) is 0 Å². The molecule has 0 amide bonds. The molecule has 3 atom stereocenters. The maximum Gasteiger partial charge on any atom is 0.155 e. The third-order valence-electron chi connectivity index (χ3n) is 4.42. The van der Waals surface area contributed by atoms with Crippen molar-refractivity contribution in [1.82, 2.24) is 0 Å². The minimum absolute atomic E-state index is 0.0496. The zero-order valence-corrected chi connectivity index (χ0v) is 14.8. The minimum atomic E-state index is -0.406. The predicted molar refractivity (Wildman–Crippen MR) is 91.4 cm³/mol. The number of benzene rings is 1. The molecule has 3 nitrogen and oxygen atoms in total. The lowest BCUT2D eigenvalue weighted by atomic mass is 9.76. The van der Waals surface area contributed by atoms with Gasteiger partial charge in [-0.15, -0.1) is 11.8 Å². The summed E-state index contributed by atoms with van der Waals surface area (Å²) in [5.74, 6) is 1.43. The van der Waals surface area contributed by atoms with Crippen molar-refractivity contribution in [1.29, 1.82) is 0 Å². The summed E-state index contributed by atoms with van der Waals surface area (Å²) in [5, 5.41) is 10.4. The number of aliphatic hydroxyl groups excluding tert-OH is 1. The summed E-state index contributed by atoms with van der Waals surface area (Å²) in [6.45, 7) is 0. The summed E-state index contributed by atoms with van der Waals surface area (Å²) in [4.78, 5) is 12.8. The van der Waals surface area contributed by atoms with Gasteiger partial charge in [0.2, 0.25) is 0 Å². The Hall–Kier alpha value is -0.780. The van der Waals surface area contributed by atoms with Crippen molar-refractivity contribution in [2.75, 3.05) is 7.11 Å². The van der Waals surface area contributed by atoms with Gasteiger partial charge in [-0.05, 0) is 71.0 Å². The largest absolute Gasteiger partial charge is 0.497 e. The fraction of sp³-hybridized carbons (Fsp3) is 0.471. The number of aliphatic hydroxyl groups is 1. The number of ether oxygens (including phenoxy) is 1. The third-order valence-corrected chi connectivity index (χ3v) is 6.81. The molecule has 1 aromatic rings. The van der Waals surface area contributed by atoms with Crippen LogP contribution in [0.5, 0.6) is 5.75 Å². The second kappa shape index (κ2) is 6.77. The molecule has 0 saturated heterocycles. The van der Waals surface area contributed by atoms with Gasteiger partial charge in [0, 0.05) is 15.8 Å². The van der Waals surface area contributed by atoms with Gasteiger partial charge in [0.15, 0.2) is 5.78 Å². The molecular weight excluding hydrogens is 364 g/mol. The van der Waals surface area contributed by atoms with E-state index in [-0.39, 0.29) is 11.0 Å². The Morgan fingerprint density at radius 3 is 2.91 bits per heavy atom. The van der Waals surface area contributed by atoms with Crippen LogP contribution in [0.1, 0.15) is 25.7 Å². The van der Waals surface area contributed by atoms with Gasteiger partial charge in [-0.1, -0.05) is 0 Å². The van der Waals surface area contributed by atoms with E-state index in [4.69, 9.17) is 4.74 Å². The Labute approximate surface area is 143 Å². The number of rotatable bonds is 3. The van der Waals surface area contributed by atoms with Gasteiger partial charge in [-0.3, -0.25) is 4.79 Å². The summed E-state index contributed by atoms with van der Waals surface area (Å²) < 4.78 is 6.27. The summed E-state index contributed by atoms with van der Waals surface area (Å²) in [6.07, 6.45) is 4.73. The van der Waals surface area contributed by atoms with E-state index in [0.717, 1.165) is 40.0 Å². The molecule has 0 aromatic heterocycles. The summed E-state index contributed by atoms with van der Waals surface area (Å²) >= 11 is 5.18. The van der Waals surface area contributed by atoms with E-state index >= 15 is 0 Å². The molecule has 0 unspecified atom stereocenters. The topological polar surface area (TPSA) is 46.5 Å². The fourth-order valence-corrected chi connectivity index (χ4v) is 5.07. The Morgan fingerprint density at radius 1 is 1.32 bits per heavy atom. The van der Waals surface area contributed by atoms with E-state index in [1.54, 1.807) is 24.9 Å². The smallest absolute Gasteiger partial charge is 0.155 e. The van der Waals surface area contributed by atoms with Crippen LogP contribution < -0.4 is 4.74 Å². The van der Waals surface area contributed by atoms with E-state index in [2.05, 4.69) is 15.9 Å². The molecule has 0 bridgehead atoms. The van der Waals surface area contributed by atoms with Crippen molar-refractivity contribution in [3.05, 3.63) is 34.3 Å². The molecule has 0 heterocycles. The summed E-state index contributed by atoms with van der Waals surface area (Å²) in [6, 6.07) is 5.82. The number of fused-ring (bicyclic) bond motifs is 1. The number of ketones is 1. The van der Waals surface area contributed by atoms with Crippen LogP contribution in [0, 0.1) is 5.92 Å². The Balaban J connectivity index is 1.90. The lowest BCUT2D eigenvalue weighted by Crippen LogP contribution is -2.36. The SMILES string of the molecule is COc1ccc(Br)c(S[C@H]2C3=CC(=O)CC[C@@H]3CC[C@@H]2O)c1. The number of thioether (sulfide) groups is 1. The third kappa shape index (κ3) is 3.26. The molecule has 0 radical (unpaired) electrons. The molecular formula is C17H19BrO3S. The molecule has 1 fully saturated rings. The second-order valence-corrected chi connectivity index (χ2v) is 7.86. The van der Waals surface area contributed by atoms with Crippen LogP contribution in [0.25, 0.3) is 0 Å². The molecule has 0 spiro atoms. The molecule has 2 aliphatic rings. The van der Waals surface area contributed by atoms with E-state index in [1.807, 2.05) is 18.2 Å². The normalized spacial score (nSPS) is 28.0. The first kappa shape index (κ1) is 16.1. The quantitative estimate of drug-likeness (QED) is 0.858. The highest BCUT2D eigenvalue weighted by atomic mass is 79.9. The first-order chi connectivity index (χ1) is 10.6. The summed E-state index contributed by atoms with van der Waals surface area (Å²) in [5.41, 5.74) is 1.12. The number of carbonyl (C=O) groups is 1. The van der Waals surface area contributed by atoms with Crippen molar-refractivity contribution in [2.45, 2.75) is 41.9 Å². The van der Waals surface area contributed by atoms with Crippen LogP contribution in [-0.2, 0) is 4.79 Å². The standard InChI is InChI=1S/C17H19BrO3S/c1-21-12-5-6-14(18)16(9-12)22-17-13-8-11(19)4-2-10(13)3-7-15(17)20/h5-6,8-10,15,17,20H,2-4,7H2,1H3/t10-,15+,17+/m1/s1. The van der Waals surface area contributed by atoms with Crippen molar-refractivity contribution >= 4 is 33.5 Å². The molecule has 1 aromatic carbocycles. The number of halogens is 1. The van der Waals surface area contributed by atoms with Crippen LogP contribution >= 0.6 is 27.7 Å². The first-order valence-electron chi connectivity index (χ1n) is 7.51. The van der Waals surface area contributed by atoms with Gasteiger partial charge >= 0.3 is 0 Å². The number of methoxy groups -OCH3 is 1. The van der Waals surface area contributed by atoms with Gasteiger partial charge in [0.25, 0.3) is 0 Å². The predicted octanol–water partition coefficient (Wildman–Crippen LogP) is 3.98. The van der Waals surface area contributed by atoms with Crippen LogP contribution in [0.3, 0.4) is 0 Å². The lowest BCUT2D eigenvalue weighted by Gasteiger charge is -2.37. The number of allylic oxidation sites excluding steroid dienone is 1. The van der Waals surface area contributed by atoms with Gasteiger partial charge in [0.1, 0.15) is 5.75 Å². The number of carbonyl (C=O) groups excluding carboxylic acids is 1. The minimum Gasteiger partial charge on any atom is -0.497 e. The van der Waals surface area contributed by atoms with Crippen LogP contribution in [-0.4, -0.2) is 29.4 Å². The average molecular weight is 383 g/mol. The Morgan fingerprint density at radius 2 is 2.14 bits per heavy atom. The highest BCUT2D eigenvalue weighted by Crippen LogP contribution is 2.45. The van der Waals surface area contributed by atoms with Gasteiger partial charge < -0.3 is 9.84 Å². The molecule has 2 aliphatic carbocycles. The van der Waals surface area contributed by atoms with E-state index in [0.29, 0.717) is 12.3 Å². The zero-order chi connectivity index (χ0) is 15.7. The van der Waals surface area contributed by atoms with Crippen molar-refractivity contribution in [2.24, 2.45) is 5.92 Å².